The molecule has 0 aliphatic carbocycles. The Labute approximate surface area is 164 Å². The smallest absolute Gasteiger partial charge is 0.387 e. The van der Waals surface area contributed by atoms with E-state index in [0.717, 1.165) is 0 Å². The fourth-order valence-electron chi connectivity index (χ4n) is 2.41. The summed E-state index contributed by atoms with van der Waals surface area (Å²) in [5.74, 6) is -0.685. The van der Waals surface area contributed by atoms with Crippen LogP contribution >= 0.6 is 0 Å². The van der Waals surface area contributed by atoms with Gasteiger partial charge in [-0.05, 0) is 48.5 Å². The lowest BCUT2D eigenvalue weighted by Crippen LogP contribution is -2.11. The molecule has 0 saturated heterocycles. The molecule has 0 bridgehead atoms. The van der Waals surface area contributed by atoms with E-state index in [1.165, 1.54) is 24.5 Å². The highest BCUT2D eigenvalue weighted by Crippen LogP contribution is 2.21. The number of para-hydroxylation sites is 1. The Kier molecular flexibility index (Phi) is 6.36. The number of nitrogens with one attached hydrogen (secondary N) is 2. The predicted molar refractivity (Wildman–Crippen MR) is 104 cm³/mol. The summed E-state index contributed by atoms with van der Waals surface area (Å²) in [5, 5.41) is 5.29. The Morgan fingerprint density at radius 1 is 0.931 bits per heavy atom. The maximum absolute atomic E-state index is 12.4. The Hall–Kier alpha value is -3.94. The Balaban J connectivity index is 1.58. The van der Waals surface area contributed by atoms with E-state index in [9.17, 15) is 18.4 Å². The van der Waals surface area contributed by atoms with Crippen LogP contribution < -0.4 is 15.4 Å². The van der Waals surface area contributed by atoms with Crippen LogP contribution in [0.2, 0.25) is 0 Å². The van der Waals surface area contributed by atoms with E-state index in [1.807, 2.05) is 0 Å². The molecule has 0 fully saturated rings. The van der Waals surface area contributed by atoms with E-state index in [-0.39, 0.29) is 17.4 Å². The number of furan rings is 1. The lowest BCUT2D eigenvalue weighted by molar-refractivity contribution is -0.111. The van der Waals surface area contributed by atoms with Gasteiger partial charge in [0.1, 0.15) is 5.75 Å². The molecule has 2 N–H and O–H groups in total. The maximum Gasteiger partial charge on any atom is 0.387 e. The maximum atomic E-state index is 12.4. The summed E-state index contributed by atoms with van der Waals surface area (Å²) in [4.78, 5) is 24.0. The predicted octanol–water partition coefficient (Wildman–Crippen LogP) is 4.79. The van der Waals surface area contributed by atoms with Crippen molar-refractivity contribution in [1.29, 1.82) is 0 Å². The molecule has 0 atom stereocenters. The largest absolute Gasteiger partial charge is 0.459 e. The molecular weight excluding hydrogens is 382 g/mol. The number of halogens is 2. The topological polar surface area (TPSA) is 80.6 Å². The van der Waals surface area contributed by atoms with Crippen LogP contribution in [0.25, 0.3) is 6.08 Å². The van der Waals surface area contributed by atoms with E-state index < -0.39 is 12.5 Å². The van der Waals surface area contributed by atoms with Gasteiger partial charge in [0.25, 0.3) is 5.91 Å². The second-order valence-corrected chi connectivity index (χ2v) is 5.75. The molecule has 2 aromatic carbocycles. The highest BCUT2D eigenvalue weighted by molar-refractivity contribution is 6.03. The van der Waals surface area contributed by atoms with Crippen LogP contribution in [-0.4, -0.2) is 18.4 Å². The summed E-state index contributed by atoms with van der Waals surface area (Å²) in [6.07, 6.45) is 3.99. The van der Waals surface area contributed by atoms with Gasteiger partial charge in [0, 0.05) is 23.0 Å². The van der Waals surface area contributed by atoms with Crippen LogP contribution in [0.3, 0.4) is 0 Å². The van der Waals surface area contributed by atoms with E-state index in [0.29, 0.717) is 16.9 Å². The summed E-state index contributed by atoms with van der Waals surface area (Å²) in [6.45, 7) is -2.95. The molecule has 0 spiro atoms. The first kappa shape index (κ1) is 19.8. The van der Waals surface area contributed by atoms with Gasteiger partial charge >= 0.3 is 6.61 Å². The third-order valence-corrected chi connectivity index (χ3v) is 3.70. The van der Waals surface area contributed by atoms with Gasteiger partial charge in [-0.3, -0.25) is 9.59 Å². The fraction of sp³-hybridized carbons (Fsp3) is 0.0476. The second kappa shape index (κ2) is 9.32. The molecule has 6 nitrogen and oxygen atoms in total. The molecule has 3 aromatic rings. The first-order chi connectivity index (χ1) is 14.0. The molecule has 29 heavy (non-hydrogen) atoms. The molecule has 0 aliphatic heterocycles. The van der Waals surface area contributed by atoms with Crippen LogP contribution in [0.1, 0.15) is 16.1 Å². The minimum atomic E-state index is -2.95. The number of hydrogen-bond donors (Lipinski definition) is 2. The van der Waals surface area contributed by atoms with Crippen molar-refractivity contribution in [1.82, 2.24) is 0 Å². The van der Waals surface area contributed by atoms with Crippen molar-refractivity contribution in [3.05, 3.63) is 84.3 Å². The lowest BCUT2D eigenvalue weighted by Gasteiger charge is -2.07. The van der Waals surface area contributed by atoms with Gasteiger partial charge in [0.2, 0.25) is 5.91 Å². The second-order valence-electron chi connectivity index (χ2n) is 5.75. The molecule has 3 rings (SSSR count). The number of rotatable bonds is 7. The summed E-state index contributed by atoms with van der Waals surface area (Å²) in [7, 11) is 0. The summed E-state index contributed by atoms with van der Waals surface area (Å²) in [5.41, 5.74) is 1.37. The zero-order chi connectivity index (χ0) is 20.6. The third kappa shape index (κ3) is 5.77. The molecule has 1 aromatic heterocycles. The summed E-state index contributed by atoms with van der Waals surface area (Å²) < 4.78 is 34.3. The Bertz CT molecular complexity index is 1000. The molecule has 1 heterocycles. The quantitative estimate of drug-likeness (QED) is 0.561. The lowest BCUT2D eigenvalue weighted by atomic mass is 10.2. The normalized spacial score (nSPS) is 10.9. The fourth-order valence-corrected chi connectivity index (χ4v) is 2.41. The summed E-state index contributed by atoms with van der Waals surface area (Å²) >= 11 is 0. The molecule has 2 amide bonds. The molecule has 0 saturated carbocycles. The van der Waals surface area contributed by atoms with Crippen molar-refractivity contribution in [3.8, 4) is 5.75 Å². The van der Waals surface area contributed by atoms with Crippen LogP contribution in [0.15, 0.2) is 77.4 Å². The minimum Gasteiger partial charge on any atom is -0.459 e. The van der Waals surface area contributed by atoms with Crippen LogP contribution in [0.5, 0.6) is 5.75 Å². The van der Waals surface area contributed by atoms with E-state index in [2.05, 4.69) is 15.4 Å². The molecule has 0 unspecified atom stereocenters. The molecular formula is C21H16F2N2O4. The van der Waals surface area contributed by atoms with E-state index in [1.54, 1.807) is 54.6 Å². The van der Waals surface area contributed by atoms with Crippen LogP contribution in [-0.2, 0) is 4.79 Å². The zero-order valence-electron chi connectivity index (χ0n) is 15.0. The number of amides is 2. The molecule has 0 radical (unpaired) electrons. The standard InChI is InChI=1S/C21H16F2N2O4/c22-21(23)29-17-5-2-1-4-14(17)7-12-19(26)24-15-8-10-16(11-9-15)25-20(27)18-6-3-13-28-18/h1-13,21H,(H,24,26)(H,25,27)/b12-7+. The van der Waals surface area contributed by atoms with Crippen LogP contribution in [0.4, 0.5) is 20.2 Å². The highest BCUT2D eigenvalue weighted by atomic mass is 19.3. The first-order valence-electron chi connectivity index (χ1n) is 8.49. The van der Waals surface area contributed by atoms with Gasteiger partial charge in [-0.25, -0.2) is 0 Å². The highest BCUT2D eigenvalue weighted by Gasteiger charge is 2.09. The number of carbonyl (C=O) groups is 2. The van der Waals surface area contributed by atoms with Crippen LogP contribution in [0, 0.1) is 0 Å². The average Bonchev–Trinajstić information content (AvgIpc) is 3.23. The number of anilines is 2. The van der Waals surface area contributed by atoms with Gasteiger partial charge in [-0.1, -0.05) is 18.2 Å². The number of ether oxygens (including phenoxy) is 1. The van der Waals surface area contributed by atoms with Gasteiger partial charge < -0.3 is 19.8 Å². The molecule has 8 heteroatoms. The van der Waals surface area contributed by atoms with Crippen molar-refractivity contribution in [3.63, 3.8) is 0 Å². The van der Waals surface area contributed by atoms with Gasteiger partial charge in [0.15, 0.2) is 5.76 Å². The van der Waals surface area contributed by atoms with Crippen molar-refractivity contribution >= 4 is 29.3 Å². The summed E-state index contributed by atoms with van der Waals surface area (Å²) in [6, 6.07) is 15.7. The minimum absolute atomic E-state index is 0.0248. The molecule has 0 aliphatic rings. The Morgan fingerprint density at radius 2 is 1.62 bits per heavy atom. The number of benzene rings is 2. The number of hydrogen-bond acceptors (Lipinski definition) is 4. The van der Waals surface area contributed by atoms with Gasteiger partial charge in [-0.15, -0.1) is 0 Å². The third-order valence-electron chi connectivity index (χ3n) is 3.70. The van der Waals surface area contributed by atoms with Gasteiger partial charge in [0.05, 0.1) is 6.26 Å². The van der Waals surface area contributed by atoms with Crippen molar-refractivity contribution in [2.45, 2.75) is 6.61 Å². The average molecular weight is 398 g/mol. The van der Waals surface area contributed by atoms with Crippen molar-refractivity contribution in [2.24, 2.45) is 0 Å². The van der Waals surface area contributed by atoms with Gasteiger partial charge in [-0.2, -0.15) is 8.78 Å². The first-order valence-corrected chi connectivity index (χ1v) is 8.49. The zero-order valence-corrected chi connectivity index (χ0v) is 15.0. The van der Waals surface area contributed by atoms with E-state index in [4.69, 9.17) is 4.42 Å². The van der Waals surface area contributed by atoms with Crippen molar-refractivity contribution < 1.29 is 27.5 Å². The molecule has 148 valence electrons. The monoisotopic (exact) mass is 398 g/mol. The number of alkyl halides is 2. The Morgan fingerprint density at radius 3 is 2.28 bits per heavy atom. The SMILES string of the molecule is O=C(/C=C/c1ccccc1OC(F)F)Nc1ccc(NC(=O)c2ccco2)cc1. The number of carbonyl (C=O) groups excluding carboxylic acids is 2. The van der Waals surface area contributed by atoms with Crippen molar-refractivity contribution in [2.75, 3.05) is 10.6 Å². The van der Waals surface area contributed by atoms with E-state index >= 15 is 0 Å².